The lowest BCUT2D eigenvalue weighted by Crippen LogP contribution is -2.12. The van der Waals surface area contributed by atoms with Crippen LogP contribution in [0.4, 0.5) is 5.69 Å². The highest BCUT2D eigenvalue weighted by molar-refractivity contribution is 6.04. The number of anilines is 1. The number of hydrogen-bond acceptors (Lipinski definition) is 3. The molecule has 4 heteroatoms. The van der Waals surface area contributed by atoms with Gasteiger partial charge in [-0.25, -0.2) is 0 Å². The van der Waals surface area contributed by atoms with Gasteiger partial charge in [0.05, 0.1) is 5.56 Å². The van der Waals surface area contributed by atoms with Crippen molar-refractivity contribution in [2.75, 3.05) is 5.32 Å². The summed E-state index contributed by atoms with van der Waals surface area (Å²) in [6.07, 6.45) is 1.42. The van der Waals surface area contributed by atoms with Crippen molar-refractivity contribution in [2.45, 2.75) is 20.8 Å². The van der Waals surface area contributed by atoms with Crippen molar-refractivity contribution < 1.29 is 14.3 Å². The highest BCUT2D eigenvalue weighted by Crippen LogP contribution is 2.25. The van der Waals surface area contributed by atoms with Gasteiger partial charge in [-0.15, -0.1) is 0 Å². The van der Waals surface area contributed by atoms with Crippen LogP contribution in [-0.2, 0) is 0 Å². The topological polar surface area (TPSA) is 62.5 Å². The number of nitrogens with one attached hydrogen (secondary N) is 1. The van der Waals surface area contributed by atoms with Gasteiger partial charge in [-0.05, 0) is 50.1 Å². The lowest BCUT2D eigenvalue weighted by molar-refractivity contribution is 0.102. The van der Waals surface area contributed by atoms with Crippen LogP contribution in [0.25, 0.3) is 0 Å². The Morgan fingerprint density at radius 1 is 1.17 bits per heavy atom. The molecule has 0 spiro atoms. The SMILES string of the molecule is Cc1cc(C(=O)Nc2cc(C)c(O)cc2C)co1. The van der Waals surface area contributed by atoms with Crippen molar-refractivity contribution in [3.63, 3.8) is 0 Å². The molecule has 1 aromatic carbocycles. The maximum Gasteiger partial charge on any atom is 0.258 e. The summed E-state index contributed by atoms with van der Waals surface area (Å²) in [5, 5.41) is 12.3. The van der Waals surface area contributed by atoms with Crippen molar-refractivity contribution in [1.29, 1.82) is 0 Å². The Morgan fingerprint density at radius 3 is 2.50 bits per heavy atom. The number of phenolic OH excluding ortho intramolecular Hbond substituents is 1. The van der Waals surface area contributed by atoms with E-state index < -0.39 is 0 Å². The molecular weight excluding hydrogens is 230 g/mol. The molecule has 0 aliphatic heterocycles. The molecule has 94 valence electrons. The van der Waals surface area contributed by atoms with Gasteiger partial charge in [-0.2, -0.15) is 0 Å². The number of carbonyl (C=O) groups excluding carboxylic acids is 1. The summed E-state index contributed by atoms with van der Waals surface area (Å²) in [7, 11) is 0. The van der Waals surface area contributed by atoms with Crippen molar-refractivity contribution in [3.8, 4) is 5.75 Å². The maximum absolute atomic E-state index is 11.9. The van der Waals surface area contributed by atoms with Crippen molar-refractivity contribution in [2.24, 2.45) is 0 Å². The highest BCUT2D eigenvalue weighted by atomic mass is 16.3. The zero-order chi connectivity index (χ0) is 13.3. The Kier molecular flexibility index (Phi) is 3.10. The average molecular weight is 245 g/mol. The first-order valence-corrected chi connectivity index (χ1v) is 5.64. The van der Waals surface area contributed by atoms with E-state index in [-0.39, 0.29) is 11.7 Å². The van der Waals surface area contributed by atoms with E-state index in [1.54, 1.807) is 32.0 Å². The van der Waals surface area contributed by atoms with Crippen LogP contribution < -0.4 is 5.32 Å². The summed E-state index contributed by atoms with van der Waals surface area (Å²) < 4.78 is 5.10. The van der Waals surface area contributed by atoms with Crippen LogP contribution in [0.2, 0.25) is 0 Å². The van der Waals surface area contributed by atoms with E-state index in [2.05, 4.69) is 5.32 Å². The van der Waals surface area contributed by atoms with Gasteiger partial charge in [-0.1, -0.05) is 0 Å². The van der Waals surface area contributed by atoms with Gasteiger partial charge in [-0.3, -0.25) is 4.79 Å². The predicted molar refractivity (Wildman–Crippen MR) is 69.0 cm³/mol. The van der Waals surface area contributed by atoms with E-state index in [1.807, 2.05) is 6.92 Å². The Bertz CT molecular complexity index is 599. The molecule has 0 saturated heterocycles. The first-order chi connectivity index (χ1) is 8.47. The monoisotopic (exact) mass is 245 g/mol. The normalized spacial score (nSPS) is 10.4. The lowest BCUT2D eigenvalue weighted by Gasteiger charge is -2.09. The van der Waals surface area contributed by atoms with Crippen molar-refractivity contribution >= 4 is 11.6 Å². The van der Waals surface area contributed by atoms with E-state index in [0.29, 0.717) is 17.0 Å². The molecule has 0 aliphatic carbocycles. The number of phenols is 1. The second kappa shape index (κ2) is 4.56. The van der Waals surface area contributed by atoms with Crippen LogP contribution in [-0.4, -0.2) is 11.0 Å². The molecule has 1 amide bonds. The van der Waals surface area contributed by atoms with Crippen LogP contribution in [0, 0.1) is 20.8 Å². The molecule has 0 radical (unpaired) electrons. The number of benzene rings is 1. The third-order valence-electron chi connectivity index (χ3n) is 2.78. The Labute approximate surface area is 105 Å². The standard InChI is InChI=1S/C14H15NO3/c1-8-5-13(16)9(2)4-12(8)15-14(17)11-6-10(3)18-7-11/h4-7,16H,1-3H3,(H,15,17). The van der Waals surface area contributed by atoms with Gasteiger partial charge in [0.25, 0.3) is 5.91 Å². The fraction of sp³-hybridized carbons (Fsp3) is 0.214. The van der Waals surface area contributed by atoms with Crippen LogP contribution in [0.1, 0.15) is 27.2 Å². The zero-order valence-corrected chi connectivity index (χ0v) is 10.6. The molecule has 0 saturated carbocycles. The van der Waals surface area contributed by atoms with Crippen LogP contribution in [0.3, 0.4) is 0 Å². The Hall–Kier alpha value is -2.23. The molecule has 2 aromatic rings. The average Bonchev–Trinajstić information content (AvgIpc) is 2.73. The molecule has 0 bridgehead atoms. The van der Waals surface area contributed by atoms with Gasteiger partial charge in [0.15, 0.2) is 0 Å². The number of furan rings is 1. The largest absolute Gasteiger partial charge is 0.508 e. The van der Waals surface area contributed by atoms with Crippen LogP contribution in [0.15, 0.2) is 28.9 Å². The summed E-state index contributed by atoms with van der Waals surface area (Å²) in [5.41, 5.74) is 2.71. The van der Waals surface area contributed by atoms with Crippen LogP contribution >= 0.6 is 0 Å². The van der Waals surface area contributed by atoms with Gasteiger partial charge in [0.1, 0.15) is 17.8 Å². The minimum absolute atomic E-state index is 0.222. The molecule has 18 heavy (non-hydrogen) atoms. The minimum atomic E-state index is -0.222. The van der Waals surface area contributed by atoms with Gasteiger partial charge in [0.2, 0.25) is 0 Å². The number of amides is 1. The second-order valence-electron chi connectivity index (χ2n) is 4.35. The summed E-state index contributed by atoms with van der Waals surface area (Å²) in [5.74, 6) is 0.698. The Morgan fingerprint density at radius 2 is 1.89 bits per heavy atom. The first kappa shape index (κ1) is 12.2. The summed E-state index contributed by atoms with van der Waals surface area (Å²) >= 11 is 0. The van der Waals surface area contributed by atoms with E-state index in [4.69, 9.17) is 4.42 Å². The van der Waals surface area contributed by atoms with Gasteiger partial charge >= 0.3 is 0 Å². The van der Waals surface area contributed by atoms with E-state index in [1.165, 1.54) is 6.26 Å². The molecule has 2 rings (SSSR count). The Balaban J connectivity index is 2.24. The van der Waals surface area contributed by atoms with Crippen molar-refractivity contribution in [1.82, 2.24) is 0 Å². The van der Waals surface area contributed by atoms with Crippen molar-refractivity contribution in [3.05, 3.63) is 46.9 Å². The molecule has 1 aromatic heterocycles. The summed E-state index contributed by atoms with van der Waals surface area (Å²) in [6, 6.07) is 5.05. The zero-order valence-electron chi connectivity index (χ0n) is 10.6. The first-order valence-electron chi connectivity index (χ1n) is 5.64. The number of hydrogen-bond donors (Lipinski definition) is 2. The van der Waals surface area contributed by atoms with E-state index in [9.17, 15) is 9.90 Å². The quantitative estimate of drug-likeness (QED) is 0.799. The summed E-state index contributed by atoms with van der Waals surface area (Å²) in [6.45, 7) is 5.40. The summed E-state index contributed by atoms with van der Waals surface area (Å²) in [4.78, 5) is 11.9. The number of rotatable bonds is 2. The highest BCUT2D eigenvalue weighted by Gasteiger charge is 2.11. The van der Waals surface area contributed by atoms with E-state index >= 15 is 0 Å². The second-order valence-corrected chi connectivity index (χ2v) is 4.35. The molecular formula is C14H15NO3. The molecule has 0 fully saturated rings. The fourth-order valence-electron chi connectivity index (χ4n) is 1.69. The predicted octanol–water partition coefficient (Wildman–Crippen LogP) is 3.16. The lowest BCUT2D eigenvalue weighted by atomic mass is 10.1. The third-order valence-corrected chi connectivity index (χ3v) is 2.78. The van der Waals surface area contributed by atoms with Crippen LogP contribution in [0.5, 0.6) is 5.75 Å². The van der Waals surface area contributed by atoms with E-state index in [0.717, 1.165) is 11.1 Å². The molecule has 1 heterocycles. The minimum Gasteiger partial charge on any atom is -0.508 e. The molecule has 2 N–H and O–H groups in total. The number of carbonyl (C=O) groups is 1. The maximum atomic E-state index is 11.9. The van der Waals surface area contributed by atoms with Gasteiger partial charge < -0.3 is 14.8 Å². The number of aryl methyl sites for hydroxylation is 3. The smallest absolute Gasteiger partial charge is 0.258 e. The molecule has 0 atom stereocenters. The molecule has 0 aliphatic rings. The molecule has 0 unspecified atom stereocenters. The fourth-order valence-corrected chi connectivity index (χ4v) is 1.69. The van der Waals surface area contributed by atoms with Gasteiger partial charge in [0, 0.05) is 5.69 Å². The third kappa shape index (κ3) is 2.37. The molecule has 4 nitrogen and oxygen atoms in total. The number of aromatic hydroxyl groups is 1.